The Bertz CT molecular complexity index is 202. The number of aliphatic hydroxyl groups is 1. The molecule has 0 radical (unpaired) electrons. The molecule has 1 N–H and O–H groups in total. The van der Waals surface area contributed by atoms with Crippen molar-refractivity contribution < 1.29 is 9.90 Å². The van der Waals surface area contributed by atoms with Gasteiger partial charge in [-0.3, -0.25) is 4.79 Å². The highest BCUT2D eigenvalue weighted by Gasteiger charge is 2.31. The van der Waals surface area contributed by atoms with Gasteiger partial charge in [0.2, 0.25) is 0 Å². The molecule has 1 rings (SSSR count). The zero-order valence-corrected chi connectivity index (χ0v) is 9.42. The second kappa shape index (κ2) is 4.30. The van der Waals surface area contributed by atoms with Crippen molar-refractivity contribution in [2.75, 3.05) is 7.05 Å². The van der Waals surface area contributed by atoms with E-state index in [9.17, 15) is 9.90 Å². The van der Waals surface area contributed by atoms with Crippen molar-refractivity contribution in [2.45, 2.75) is 57.6 Å². The molecule has 82 valence electrons. The molecule has 1 saturated carbocycles. The predicted octanol–water partition coefficient (Wildman–Crippen LogP) is 1.55. The molecular formula is C11H21NO2. The Morgan fingerprint density at radius 2 is 1.79 bits per heavy atom. The lowest BCUT2D eigenvalue weighted by atomic mass is 9.93. The van der Waals surface area contributed by atoms with Gasteiger partial charge in [0.1, 0.15) is 5.60 Å². The number of rotatable bonds is 2. The van der Waals surface area contributed by atoms with Gasteiger partial charge in [-0.25, -0.2) is 0 Å². The molecular weight excluding hydrogens is 178 g/mol. The molecule has 0 aromatic heterocycles. The van der Waals surface area contributed by atoms with E-state index >= 15 is 0 Å². The number of carbonyl (C=O) groups is 1. The van der Waals surface area contributed by atoms with Crippen LogP contribution in [0.3, 0.4) is 0 Å². The van der Waals surface area contributed by atoms with Crippen LogP contribution in [0.4, 0.5) is 0 Å². The van der Waals surface area contributed by atoms with Gasteiger partial charge in [0.15, 0.2) is 0 Å². The highest BCUT2D eigenvalue weighted by atomic mass is 16.3. The maximum atomic E-state index is 11.7. The fourth-order valence-corrected chi connectivity index (χ4v) is 2.07. The van der Waals surface area contributed by atoms with Gasteiger partial charge in [-0.15, -0.1) is 0 Å². The molecule has 0 aromatic carbocycles. The van der Waals surface area contributed by atoms with E-state index in [0.717, 1.165) is 12.8 Å². The van der Waals surface area contributed by atoms with Crippen molar-refractivity contribution in [2.24, 2.45) is 0 Å². The summed E-state index contributed by atoms with van der Waals surface area (Å²) in [5, 5.41) is 9.60. The summed E-state index contributed by atoms with van der Waals surface area (Å²) in [6.07, 6.45) is 5.85. The van der Waals surface area contributed by atoms with E-state index in [4.69, 9.17) is 0 Å². The van der Waals surface area contributed by atoms with Gasteiger partial charge in [-0.2, -0.15) is 0 Å². The fourth-order valence-electron chi connectivity index (χ4n) is 2.07. The Kier molecular flexibility index (Phi) is 3.53. The Balaban J connectivity index is 2.55. The van der Waals surface area contributed by atoms with Gasteiger partial charge in [-0.1, -0.05) is 19.3 Å². The number of nitrogens with zero attached hydrogens (tertiary/aromatic N) is 1. The second-order valence-electron chi connectivity index (χ2n) is 4.77. The van der Waals surface area contributed by atoms with E-state index < -0.39 is 5.60 Å². The Hall–Kier alpha value is -0.570. The Morgan fingerprint density at radius 1 is 1.29 bits per heavy atom. The molecule has 14 heavy (non-hydrogen) atoms. The number of carbonyl (C=O) groups excluding carboxylic acids is 1. The summed E-state index contributed by atoms with van der Waals surface area (Å²) < 4.78 is 0. The second-order valence-corrected chi connectivity index (χ2v) is 4.77. The molecule has 0 unspecified atom stereocenters. The minimum absolute atomic E-state index is 0.163. The monoisotopic (exact) mass is 199 g/mol. The van der Waals surface area contributed by atoms with E-state index in [1.54, 1.807) is 25.8 Å². The van der Waals surface area contributed by atoms with Gasteiger partial charge in [0.05, 0.1) is 0 Å². The third-order valence-corrected chi connectivity index (χ3v) is 2.97. The first-order chi connectivity index (χ1) is 6.43. The lowest BCUT2D eigenvalue weighted by molar-refractivity contribution is -0.149. The van der Waals surface area contributed by atoms with Crippen LogP contribution in [-0.4, -0.2) is 34.6 Å². The van der Waals surface area contributed by atoms with Crippen LogP contribution in [0.1, 0.15) is 46.0 Å². The first-order valence-corrected chi connectivity index (χ1v) is 5.42. The van der Waals surface area contributed by atoms with Crippen LogP contribution in [-0.2, 0) is 4.79 Å². The Morgan fingerprint density at radius 3 is 2.21 bits per heavy atom. The average molecular weight is 199 g/mol. The van der Waals surface area contributed by atoms with Crippen LogP contribution in [0.25, 0.3) is 0 Å². The zero-order valence-electron chi connectivity index (χ0n) is 9.42. The smallest absolute Gasteiger partial charge is 0.253 e. The van der Waals surface area contributed by atoms with Gasteiger partial charge < -0.3 is 10.0 Å². The maximum absolute atomic E-state index is 11.7. The van der Waals surface area contributed by atoms with Gasteiger partial charge in [-0.05, 0) is 26.7 Å². The summed E-state index contributed by atoms with van der Waals surface area (Å²) in [6.45, 7) is 3.10. The number of hydrogen-bond acceptors (Lipinski definition) is 2. The van der Waals surface area contributed by atoms with Crippen LogP contribution < -0.4 is 0 Å². The molecule has 1 aliphatic carbocycles. The zero-order chi connectivity index (χ0) is 10.8. The minimum atomic E-state index is -1.23. The normalized spacial score (nSPS) is 19.4. The van der Waals surface area contributed by atoms with E-state index in [1.807, 2.05) is 0 Å². The summed E-state index contributed by atoms with van der Waals surface area (Å²) in [4.78, 5) is 13.5. The van der Waals surface area contributed by atoms with E-state index in [-0.39, 0.29) is 5.91 Å². The van der Waals surface area contributed by atoms with Crippen LogP contribution in [0.15, 0.2) is 0 Å². The summed E-state index contributed by atoms with van der Waals surface area (Å²) in [6, 6.07) is 0.336. The topological polar surface area (TPSA) is 40.5 Å². The quantitative estimate of drug-likeness (QED) is 0.733. The molecule has 0 aliphatic heterocycles. The van der Waals surface area contributed by atoms with Crippen LogP contribution in [0, 0.1) is 0 Å². The fraction of sp³-hybridized carbons (Fsp3) is 0.909. The van der Waals surface area contributed by atoms with Gasteiger partial charge >= 0.3 is 0 Å². The van der Waals surface area contributed by atoms with Crippen molar-refractivity contribution in [1.29, 1.82) is 0 Å². The van der Waals surface area contributed by atoms with Crippen LogP contribution in [0.2, 0.25) is 0 Å². The predicted molar refractivity (Wildman–Crippen MR) is 55.9 cm³/mol. The van der Waals surface area contributed by atoms with Gasteiger partial charge in [0.25, 0.3) is 5.91 Å². The molecule has 3 nitrogen and oxygen atoms in total. The molecule has 1 fully saturated rings. The number of hydrogen-bond donors (Lipinski definition) is 1. The van der Waals surface area contributed by atoms with Crippen LogP contribution >= 0.6 is 0 Å². The summed E-state index contributed by atoms with van der Waals surface area (Å²) in [7, 11) is 1.80. The standard InChI is InChI=1S/C11H21NO2/c1-11(2,14)10(13)12(3)9-7-5-4-6-8-9/h9,14H,4-8H2,1-3H3. The Labute approximate surface area is 86.1 Å². The lowest BCUT2D eigenvalue weighted by Gasteiger charge is -2.34. The summed E-state index contributed by atoms with van der Waals surface area (Å²) in [5.41, 5.74) is -1.23. The summed E-state index contributed by atoms with van der Waals surface area (Å²) >= 11 is 0. The molecule has 0 spiro atoms. The molecule has 1 amide bonds. The lowest BCUT2D eigenvalue weighted by Crippen LogP contribution is -2.48. The maximum Gasteiger partial charge on any atom is 0.253 e. The molecule has 1 aliphatic rings. The highest BCUT2D eigenvalue weighted by molar-refractivity contribution is 5.84. The minimum Gasteiger partial charge on any atom is -0.381 e. The highest BCUT2D eigenvalue weighted by Crippen LogP contribution is 2.23. The molecule has 0 atom stereocenters. The SMILES string of the molecule is CN(C(=O)C(C)(C)O)C1CCCCC1. The van der Waals surface area contributed by atoms with Crippen molar-refractivity contribution in [1.82, 2.24) is 4.90 Å². The van der Waals surface area contributed by atoms with E-state index in [1.165, 1.54) is 19.3 Å². The first kappa shape index (κ1) is 11.5. The molecule has 0 saturated heterocycles. The molecule has 0 heterocycles. The molecule has 0 bridgehead atoms. The van der Waals surface area contributed by atoms with E-state index in [0.29, 0.717) is 6.04 Å². The van der Waals surface area contributed by atoms with Crippen molar-refractivity contribution >= 4 is 5.91 Å². The molecule has 3 heteroatoms. The number of amides is 1. The average Bonchev–Trinajstić information content (AvgIpc) is 2.15. The largest absolute Gasteiger partial charge is 0.381 e. The van der Waals surface area contributed by atoms with Gasteiger partial charge in [0, 0.05) is 13.1 Å². The van der Waals surface area contributed by atoms with Crippen molar-refractivity contribution in [3.8, 4) is 0 Å². The third kappa shape index (κ3) is 2.71. The number of likely N-dealkylation sites (N-methyl/N-ethyl adjacent to an activating group) is 1. The van der Waals surface area contributed by atoms with Crippen molar-refractivity contribution in [3.05, 3.63) is 0 Å². The molecule has 0 aromatic rings. The van der Waals surface area contributed by atoms with E-state index in [2.05, 4.69) is 0 Å². The third-order valence-electron chi connectivity index (χ3n) is 2.97. The summed E-state index contributed by atoms with van der Waals surface area (Å²) in [5.74, 6) is -0.163. The first-order valence-electron chi connectivity index (χ1n) is 5.42. The van der Waals surface area contributed by atoms with Crippen LogP contribution in [0.5, 0.6) is 0 Å². The van der Waals surface area contributed by atoms with Crippen molar-refractivity contribution in [3.63, 3.8) is 0 Å².